The van der Waals surface area contributed by atoms with E-state index < -0.39 is 4.92 Å². The van der Waals surface area contributed by atoms with Crippen LogP contribution in [0.15, 0.2) is 51.3 Å². The van der Waals surface area contributed by atoms with Crippen molar-refractivity contribution in [1.29, 1.82) is 0 Å². The first-order valence-electron chi connectivity index (χ1n) is 10.8. The molecule has 1 atom stereocenters. The van der Waals surface area contributed by atoms with E-state index in [0.29, 0.717) is 34.8 Å². The summed E-state index contributed by atoms with van der Waals surface area (Å²) in [6.45, 7) is 6.41. The lowest BCUT2D eigenvalue weighted by Crippen LogP contribution is -2.23. The molecule has 0 amide bonds. The minimum absolute atomic E-state index is 0.00887. The zero-order valence-corrected chi connectivity index (χ0v) is 20.0. The third kappa shape index (κ3) is 4.16. The number of rotatable bonds is 7. The Morgan fingerprint density at radius 3 is 2.88 bits per heavy atom. The van der Waals surface area contributed by atoms with Gasteiger partial charge in [0.25, 0.3) is 11.2 Å². The summed E-state index contributed by atoms with van der Waals surface area (Å²) >= 11 is 2.98. The minimum atomic E-state index is -0.461. The molecular weight excluding hydrogens is 474 g/mol. The molecule has 9 nitrogen and oxygen atoms in total. The van der Waals surface area contributed by atoms with Gasteiger partial charge in [-0.15, -0.1) is 28.1 Å². The van der Waals surface area contributed by atoms with Gasteiger partial charge in [0.1, 0.15) is 4.83 Å². The monoisotopic (exact) mass is 495 g/mol. The van der Waals surface area contributed by atoms with Crippen molar-refractivity contribution in [3.63, 3.8) is 0 Å². The number of aryl methyl sites for hydroxylation is 1. The third-order valence-corrected chi connectivity index (χ3v) is 7.92. The number of nitrogens with zero attached hydrogens (tertiary/aromatic N) is 5. The summed E-state index contributed by atoms with van der Waals surface area (Å²) < 4.78 is 7.39. The zero-order valence-electron chi connectivity index (χ0n) is 18.4. The number of fused-ring (bicyclic) bond motifs is 3. The van der Waals surface area contributed by atoms with Crippen molar-refractivity contribution >= 4 is 39.0 Å². The highest BCUT2D eigenvalue weighted by molar-refractivity contribution is 7.98. The van der Waals surface area contributed by atoms with E-state index in [1.807, 2.05) is 0 Å². The summed E-state index contributed by atoms with van der Waals surface area (Å²) in [7, 11) is 0. The van der Waals surface area contributed by atoms with Crippen molar-refractivity contribution in [2.75, 3.05) is 0 Å². The van der Waals surface area contributed by atoms with Crippen molar-refractivity contribution in [1.82, 2.24) is 19.7 Å². The molecule has 0 saturated heterocycles. The van der Waals surface area contributed by atoms with Crippen LogP contribution in [0, 0.1) is 16.0 Å². The molecule has 1 unspecified atom stereocenters. The first-order chi connectivity index (χ1) is 16.4. The Morgan fingerprint density at radius 2 is 2.15 bits per heavy atom. The van der Waals surface area contributed by atoms with Crippen LogP contribution in [0.3, 0.4) is 0 Å². The molecule has 1 aliphatic rings. The standard InChI is InChI=1S/C23H21N5O4S2/c1-3-10-27-22(29)19-16-9-4-13(2)11-17(16)34-21(19)24-23(27)33-12-18-25-26-20(32-18)14-5-7-15(8-6-14)28(30)31/h3,5-8,13H,1,4,9-12H2,2H3. The number of non-ortho nitro benzene ring substituents is 1. The first-order valence-corrected chi connectivity index (χ1v) is 12.6. The summed E-state index contributed by atoms with van der Waals surface area (Å²) in [6.07, 6.45) is 4.69. The molecule has 0 N–H and O–H groups in total. The molecule has 3 heterocycles. The van der Waals surface area contributed by atoms with Crippen molar-refractivity contribution in [3.05, 3.63) is 73.7 Å². The lowest BCUT2D eigenvalue weighted by atomic mass is 9.89. The molecule has 1 aliphatic carbocycles. The lowest BCUT2D eigenvalue weighted by molar-refractivity contribution is -0.384. The molecule has 0 spiro atoms. The minimum Gasteiger partial charge on any atom is -0.420 e. The van der Waals surface area contributed by atoms with Gasteiger partial charge >= 0.3 is 0 Å². The van der Waals surface area contributed by atoms with E-state index in [2.05, 4.69) is 23.7 Å². The number of hydrogen-bond donors (Lipinski definition) is 0. The molecule has 174 valence electrons. The van der Waals surface area contributed by atoms with E-state index in [1.54, 1.807) is 34.1 Å². The molecule has 34 heavy (non-hydrogen) atoms. The van der Waals surface area contributed by atoms with Crippen LogP contribution in [0.1, 0.15) is 29.7 Å². The van der Waals surface area contributed by atoms with Gasteiger partial charge in [-0.2, -0.15) is 0 Å². The van der Waals surface area contributed by atoms with E-state index in [0.717, 1.165) is 35.0 Å². The number of allylic oxidation sites excluding steroid dienone is 1. The third-order valence-electron chi connectivity index (χ3n) is 5.81. The average Bonchev–Trinajstić information content (AvgIpc) is 3.44. The van der Waals surface area contributed by atoms with Crippen LogP contribution in [-0.4, -0.2) is 24.7 Å². The summed E-state index contributed by atoms with van der Waals surface area (Å²) in [5.41, 5.74) is 1.72. The molecule has 11 heteroatoms. The molecule has 4 aromatic rings. The number of nitro groups is 1. The maximum absolute atomic E-state index is 13.4. The molecular formula is C23H21N5O4S2. The van der Waals surface area contributed by atoms with Crippen LogP contribution in [0.4, 0.5) is 5.69 Å². The Labute approximate surface area is 202 Å². The topological polar surface area (TPSA) is 117 Å². The highest BCUT2D eigenvalue weighted by Gasteiger charge is 2.24. The molecule has 5 rings (SSSR count). The SMILES string of the molecule is C=CCn1c(SCc2nnc(-c3ccc([N+](=O)[O-])cc3)o2)nc2sc3c(c2c1=O)CCC(C)C3. The second kappa shape index (κ2) is 9.15. The van der Waals surface area contributed by atoms with Crippen molar-refractivity contribution in [2.24, 2.45) is 5.92 Å². The predicted molar refractivity (Wildman–Crippen MR) is 131 cm³/mol. The lowest BCUT2D eigenvalue weighted by Gasteiger charge is -2.17. The van der Waals surface area contributed by atoms with Gasteiger partial charge in [0.2, 0.25) is 11.8 Å². The van der Waals surface area contributed by atoms with Gasteiger partial charge in [0.05, 0.1) is 16.1 Å². The fourth-order valence-corrected chi connectivity index (χ4v) is 6.36. The summed E-state index contributed by atoms with van der Waals surface area (Å²) in [4.78, 5) is 30.7. The average molecular weight is 496 g/mol. The van der Waals surface area contributed by atoms with Crippen LogP contribution in [0.25, 0.3) is 21.7 Å². The number of thiophene rings is 1. The van der Waals surface area contributed by atoms with E-state index in [1.165, 1.54) is 28.8 Å². The fourth-order valence-electron chi connectivity index (χ4n) is 4.09. The Bertz CT molecular complexity index is 1450. The maximum Gasteiger partial charge on any atom is 0.269 e. The second-order valence-corrected chi connectivity index (χ2v) is 10.3. The Kier molecular flexibility index (Phi) is 6.05. The van der Waals surface area contributed by atoms with Crippen LogP contribution >= 0.6 is 23.1 Å². The highest BCUT2D eigenvalue weighted by atomic mass is 32.2. The highest BCUT2D eigenvalue weighted by Crippen LogP contribution is 2.37. The van der Waals surface area contributed by atoms with Gasteiger partial charge in [0, 0.05) is 29.1 Å². The molecule has 1 aromatic carbocycles. The molecule has 0 fully saturated rings. The number of benzene rings is 1. The number of thioether (sulfide) groups is 1. The predicted octanol–water partition coefficient (Wildman–Crippen LogP) is 5.02. The van der Waals surface area contributed by atoms with Crippen molar-refractivity contribution < 1.29 is 9.34 Å². The molecule has 3 aromatic heterocycles. The van der Waals surface area contributed by atoms with Gasteiger partial charge in [-0.1, -0.05) is 24.8 Å². The van der Waals surface area contributed by atoms with E-state index in [-0.39, 0.29) is 17.1 Å². The number of aromatic nitrogens is 4. The smallest absolute Gasteiger partial charge is 0.269 e. The van der Waals surface area contributed by atoms with Crippen LogP contribution in [0.2, 0.25) is 0 Å². The summed E-state index contributed by atoms with van der Waals surface area (Å²) in [5, 5.41) is 20.3. The van der Waals surface area contributed by atoms with E-state index in [4.69, 9.17) is 9.40 Å². The number of hydrogen-bond acceptors (Lipinski definition) is 9. The Hall–Kier alpha value is -3.31. The van der Waals surface area contributed by atoms with Gasteiger partial charge in [0.15, 0.2) is 5.16 Å². The number of nitro benzene ring substituents is 1. The van der Waals surface area contributed by atoms with E-state index in [9.17, 15) is 14.9 Å². The van der Waals surface area contributed by atoms with Gasteiger partial charge in [-0.05, 0) is 42.9 Å². The van der Waals surface area contributed by atoms with Crippen molar-refractivity contribution in [2.45, 2.75) is 43.6 Å². The molecule has 0 bridgehead atoms. The largest absolute Gasteiger partial charge is 0.420 e. The van der Waals surface area contributed by atoms with Crippen LogP contribution in [-0.2, 0) is 25.1 Å². The molecule has 0 aliphatic heterocycles. The molecule has 0 saturated carbocycles. The second-order valence-electron chi connectivity index (χ2n) is 8.22. The van der Waals surface area contributed by atoms with Crippen LogP contribution in [0.5, 0.6) is 0 Å². The molecule has 0 radical (unpaired) electrons. The Balaban J connectivity index is 1.42. The first kappa shape index (κ1) is 22.5. The normalized spacial score (nSPS) is 15.4. The van der Waals surface area contributed by atoms with Crippen molar-refractivity contribution in [3.8, 4) is 11.5 Å². The fraction of sp³-hybridized carbons (Fsp3) is 0.304. The van der Waals surface area contributed by atoms with Gasteiger partial charge < -0.3 is 4.42 Å². The quantitative estimate of drug-likeness (QED) is 0.115. The summed E-state index contributed by atoms with van der Waals surface area (Å²) in [5.74, 6) is 1.60. The maximum atomic E-state index is 13.4. The van der Waals surface area contributed by atoms with E-state index >= 15 is 0 Å². The zero-order chi connectivity index (χ0) is 23.8. The van der Waals surface area contributed by atoms with Gasteiger partial charge in [-0.3, -0.25) is 19.5 Å². The summed E-state index contributed by atoms with van der Waals surface area (Å²) in [6, 6.07) is 5.92. The van der Waals surface area contributed by atoms with Crippen LogP contribution < -0.4 is 5.56 Å². The van der Waals surface area contributed by atoms with Gasteiger partial charge in [-0.25, -0.2) is 4.98 Å². The Morgan fingerprint density at radius 1 is 1.35 bits per heavy atom.